The average Bonchev–Trinajstić information content (AvgIpc) is 2.44. The van der Waals surface area contributed by atoms with Gasteiger partial charge < -0.3 is 15.4 Å². The Morgan fingerprint density at radius 1 is 1.05 bits per heavy atom. The summed E-state index contributed by atoms with van der Waals surface area (Å²) >= 11 is 11.9. The molecule has 0 aliphatic carbocycles. The molecule has 116 valence electrons. The highest BCUT2D eigenvalue weighted by Crippen LogP contribution is 2.25. The van der Waals surface area contributed by atoms with Crippen molar-refractivity contribution in [2.45, 2.75) is 20.0 Å². The molecule has 2 N–H and O–H groups in total. The predicted molar refractivity (Wildman–Crippen MR) is 91.3 cm³/mol. The van der Waals surface area contributed by atoms with Crippen molar-refractivity contribution in [1.82, 2.24) is 0 Å². The molecule has 6 heteroatoms. The second kappa shape index (κ2) is 7.38. The largest absolute Gasteiger partial charge is 0.491 e. The first-order valence-electron chi connectivity index (χ1n) is 6.74. The summed E-state index contributed by atoms with van der Waals surface area (Å²) in [4.78, 5) is 12.0. The molecule has 0 radical (unpaired) electrons. The Kier molecular flexibility index (Phi) is 5.52. The second-order valence-electron chi connectivity index (χ2n) is 4.89. The molecule has 2 aromatic carbocycles. The first-order chi connectivity index (χ1) is 10.4. The van der Waals surface area contributed by atoms with Crippen molar-refractivity contribution >= 4 is 40.6 Å². The van der Waals surface area contributed by atoms with E-state index in [1.54, 1.807) is 42.5 Å². The molecular weight excluding hydrogens is 323 g/mol. The number of ether oxygens (including phenoxy) is 1. The number of anilines is 2. The third-order valence-electron chi connectivity index (χ3n) is 2.66. The molecule has 0 saturated heterocycles. The molecule has 0 spiro atoms. The fourth-order valence-electron chi connectivity index (χ4n) is 1.77. The zero-order chi connectivity index (χ0) is 16.1. The van der Waals surface area contributed by atoms with Crippen LogP contribution in [0.15, 0.2) is 42.5 Å². The van der Waals surface area contributed by atoms with E-state index in [4.69, 9.17) is 27.9 Å². The number of amides is 2. The molecule has 2 rings (SSSR count). The molecule has 0 fully saturated rings. The van der Waals surface area contributed by atoms with Crippen LogP contribution in [0.4, 0.5) is 16.2 Å². The lowest BCUT2D eigenvalue weighted by atomic mass is 10.3. The van der Waals surface area contributed by atoms with Crippen LogP contribution in [0.5, 0.6) is 5.75 Å². The van der Waals surface area contributed by atoms with Crippen molar-refractivity contribution in [2.24, 2.45) is 0 Å². The van der Waals surface area contributed by atoms with Crippen molar-refractivity contribution in [3.8, 4) is 5.75 Å². The van der Waals surface area contributed by atoms with E-state index in [0.717, 1.165) is 5.75 Å². The maximum atomic E-state index is 12.0. The van der Waals surface area contributed by atoms with Crippen LogP contribution in [-0.2, 0) is 0 Å². The minimum absolute atomic E-state index is 0.104. The summed E-state index contributed by atoms with van der Waals surface area (Å²) in [5.41, 5.74) is 1.10. The zero-order valence-electron chi connectivity index (χ0n) is 12.2. The van der Waals surface area contributed by atoms with E-state index in [-0.39, 0.29) is 6.10 Å². The lowest BCUT2D eigenvalue weighted by Gasteiger charge is -2.11. The topological polar surface area (TPSA) is 50.4 Å². The number of urea groups is 1. The minimum atomic E-state index is -0.401. The fourth-order valence-corrected chi connectivity index (χ4v) is 2.10. The summed E-state index contributed by atoms with van der Waals surface area (Å²) in [6.07, 6.45) is 0.104. The third kappa shape index (κ3) is 4.83. The molecule has 2 aromatic rings. The molecule has 2 amide bonds. The Balaban J connectivity index is 1.98. The first kappa shape index (κ1) is 16.5. The Morgan fingerprint density at radius 2 is 1.73 bits per heavy atom. The molecule has 0 saturated carbocycles. The van der Waals surface area contributed by atoms with E-state index < -0.39 is 6.03 Å². The number of rotatable bonds is 4. The highest BCUT2D eigenvalue weighted by atomic mass is 35.5. The maximum Gasteiger partial charge on any atom is 0.323 e. The summed E-state index contributed by atoms with van der Waals surface area (Å²) in [6, 6.07) is 11.6. The van der Waals surface area contributed by atoms with Crippen molar-refractivity contribution in [1.29, 1.82) is 0 Å². The number of carbonyl (C=O) groups is 1. The van der Waals surface area contributed by atoms with E-state index in [0.29, 0.717) is 21.4 Å². The van der Waals surface area contributed by atoms with Gasteiger partial charge >= 0.3 is 6.03 Å². The van der Waals surface area contributed by atoms with E-state index in [1.165, 1.54) is 0 Å². The Hall–Kier alpha value is -1.91. The Bertz CT molecular complexity index is 658. The summed E-state index contributed by atoms with van der Waals surface area (Å²) in [6.45, 7) is 3.91. The summed E-state index contributed by atoms with van der Waals surface area (Å²) in [7, 11) is 0. The molecule has 22 heavy (non-hydrogen) atoms. The molecule has 0 heterocycles. The van der Waals surface area contributed by atoms with Gasteiger partial charge in [-0.25, -0.2) is 4.79 Å². The highest BCUT2D eigenvalue weighted by Gasteiger charge is 2.07. The molecule has 0 aromatic heterocycles. The third-order valence-corrected chi connectivity index (χ3v) is 3.23. The number of hydrogen-bond donors (Lipinski definition) is 2. The van der Waals surface area contributed by atoms with Crippen LogP contribution in [0.25, 0.3) is 0 Å². The lowest BCUT2D eigenvalue weighted by Crippen LogP contribution is -2.19. The molecule has 0 atom stereocenters. The summed E-state index contributed by atoms with van der Waals surface area (Å²) in [5, 5.41) is 6.27. The van der Waals surface area contributed by atoms with Crippen LogP contribution in [0, 0.1) is 0 Å². The number of benzene rings is 2. The molecule has 0 bridgehead atoms. The molecular formula is C16H16Cl2N2O2. The van der Waals surface area contributed by atoms with Crippen molar-refractivity contribution in [3.63, 3.8) is 0 Å². The maximum absolute atomic E-state index is 12.0. The van der Waals surface area contributed by atoms with Gasteiger partial charge in [-0.15, -0.1) is 0 Å². The van der Waals surface area contributed by atoms with Crippen molar-refractivity contribution < 1.29 is 9.53 Å². The van der Waals surface area contributed by atoms with Crippen molar-refractivity contribution in [2.75, 3.05) is 10.6 Å². The summed E-state index contributed by atoms with van der Waals surface area (Å²) in [5.74, 6) is 0.749. The van der Waals surface area contributed by atoms with Crippen LogP contribution >= 0.6 is 23.2 Å². The van der Waals surface area contributed by atoms with E-state index in [2.05, 4.69) is 10.6 Å². The SMILES string of the molecule is CC(C)Oc1ccc(NC(=O)Nc2cc(Cl)ccc2Cl)cc1. The first-order valence-corrected chi connectivity index (χ1v) is 7.49. The Morgan fingerprint density at radius 3 is 2.36 bits per heavy atom. The number of halogens is 2. The number of nitrogens with one attached hydrogen (secondary N) is 2. The average molecular weight is 339 g/mol. The normalized spacial score (nSPS) is 10.4. The van der Waals surface area contributed by atoms with E-state index >= 15 is 0 Å². The van der Waals surface area contributed by atoms with Gasteiger partial charge in [0.1, 0.15) is 5.75 Å². The fraction of sp³-hybridized carbons (Fsp3) is 0.188. The monoisotopic (exact) mass is 338 g/mol. The van der Waals surface area contributed by atoms with Crippen LogP contribution in [0.1, 0.15) is 13.8 Å². The molecule has 0 aliphatic rings. The van der Waals surface area contributed by atoms with Crippen LogP contribution in [-0.4, -0.2) is 12.1 Å². The standard InChI is InChI=1S/C16H16Cl2N2O2/c1-10(2)22-13-6-4-12(5-7-13)19-16(21)20-15-9-11(17)3-8-14(15)18/h3-10H,1-2H3,(H2,19,20,21). The van der Waals surface area contributed by atoms with Gasteiger partial charge in [0.25, 0.3) is 0 Å². The second-order valence-corrected chi connectivity index (χ2v) is 5.74. The van der Waals surface area contributed by atoms with Gasteiger partial charge in [0.15, 0.2) is 0 Å². The van der Waals surface area contributed by atoms with E-state index in [1.807, 2.05) is 13.8 Å². The van der Waals surface area contributed by atoms with Gasteiger partial charge in [-0.05, 0) is 56.3 Å². The van der Waals surface area contributed by atoms with Crippen LogP contribution in [0.3, 0.4) is 0 Å². The lowest BCUT2D eigenvalue weighted by molar-refractivity contribution is 0.242. The van der Waals surface area contributed by atoms with Gasteiger partial charge in [-0.1, -0.05) is 23.2 Å². The van der Waals surface area contributed by atoms with Gasteiger partial charge in [0.2, 0.25) is 0 Å². The van der Waals surface area contributed by atoms with Crippen LogP contribution in [0.2, 0.25) is 10.0 Å². The minimum Gasteiger partial charge on any atom is -0.491 e. The molecule has 4 nitrogen and oxygen atoms in total. The smallest absolute Gasteiger partial charge is 0.323 e. The predicted octanol–water partition coefficient (Wildman–Crippen LogP) is 5.42. The van der Waals surface area contributed by atoms with Gasteiger partial charge in [0, 0.05) is 10.7 Å². The van der Waals surface area contributed by atoms with Gasteiger partial charge in [-0.2, -0.15) is 0 Å². The quantitative estimate of drug-likeness (QED) is 0.781. The van der Waals surface area contributed by atoms with Crippen LogP contribution < -0.4 is 15.4 Å². The van der Waals surface area contributed by atoms with E-state index in [9.17, 15) is 4.79 Å². The van der Waals surface area contributed by atoms with Gasteiger partial charge in [-0.3, -0.25) is 0 Å². The molecule has 0 unspecified atom stereocenters. The molecule has 0 aliphatic heterocycles. The Labute approximate surface area is 139 Å². The zero-order valence-corrected chi connectivity index (χ0v) is 13.7. The summed E-state index contributed by atoms with van der Waals surface area (Å²) < 4.78 is 5.54. The number of carbonyl (C=O) groups excluding carboxylic acids is 1. The number of hydrogen-bond acceptors (Lipinski definition) is 2. The van der Waals surface area contributed by atoms with Crippen molar-refractivity contribution in [3.05, 3.63) is 52.5 Å². The van der Waals surface area contributed by atoms with Gasteiger partial charge in [0.05, 0.1) is 16.8 Å². The highest BCUT2D eigenvalue weighted by molar-refractivity contribution is 6.35.